The highest BCUT2D eigenvalue weighted by Gasteiger charge is 2.24. The third-order valence-electron chi connectivity index (χ3n) is 3.84. The van der Waals surface area contributed by atoms with Gasteiger partial charge in [0, 0.05) is 19.5 Å². The Morgan fingerprint density at radius 3 is 2.32 bits per heavy atom. The minimum Gasteiger partial charge on any atom is -0.422 e. The summed E-state index contributed by atoms with van der Waals surface area (Å²) in [4.78, 5) is 6.73. The molecule has 0 bridgehead atoms. The van der Waals surface area contributed by atoms with Gasteiger partial charge >= 0.3 is 0 Å². The summed E-state index contributed by atoms with van der Waals surface area (Å²) < 4.78 is 5.92. The van der Waals surface area contributed by atoms with Gasteiger partial charge in [0.15, 0.2) is 0 Å². The normalized spacial score (nSPS) is 12.6. The van der Waals surface area contributed by atoms with Crippen LogP contribution in [0.1, 0.15) is 50.9 Å². The molecule has 0 amide bonds. The van der Waals surface area contributed by atoms with E-state index in [-0.39, 0.29) is 5.92 Å². The molecule has 1 aromatic carbocycles. The molecular formula is C18H26N2O2. The van der Waals surface area contributed by atoms with E-state index >= 15 is 0 Å². The maximum Gasteiger partial charge on any atom is 0.226 e. The lowest BCUT2D eigenvalue weighted by Gasteiger charge is -2.18. The predicted molar refractivity (Wildman–Crippen MR) is 89.1 cm³/mol. The first-order valence-electron chi connectivity index (χ1n) is 8.03. The Morgan fingerprint density at radius 2 is 1.77 bits per heavy atom. The second kappa shape index (κ2) is 7.45. The summed E-state index contributed by atoms with van der Waals surface area (Å²) in [5.41, 5.74) is 2.08. The first kappa shape index (κ1) is 16.6. The molecule has 0 aliphatic heterocycles. The molecule has 0 aliphatic carbocycles. The molecule has 1 heterocycles. The van der Waals surface area contributed by atoms with Gasteiger partial charge in [-0.1, -0.05) is 44.2 Å². The second-order valence-electron chi connectivity index (χ2n) is 5.83. The Bertz CT molecular complexity index is 574. The van der Waals surface area contributed by atoms with Gasteiger partial charge in [-0.25, -0.2) is 4.98 Å². The molecule has 4 nitrogen and oxygen atoms in total. The summed E-state index contributed by atoms with van der Waals surface area (Å²) in [6.45, 7) is 9.81. The van der Waals surface area contributed by atoms with Gasteiger partial charge in [0.05, 0.1) is 0 Å². The lowest BCUT2D eigenvalue weighted by Crippen LogP contribution is -2.22. The molecular weight excluding hydrogens is 276 g/mol. The van der Waals surface area contributed by atoms with Crippen molar-refractivity contribution >= 4 is 5.88 Å². The van der Waals surface area contributed by atoms with Crippen molar-refractivity contribution in [1.29, 1.82) is 0 Å². The maximum absolute atomic E-state index is 10.3. The van der Waals surface area contributed by atoms with E-state index in [1.807, 2.05) is 32.0 Å². The van der Waals surface area contributed by atoms with Crippen LogP contribution in [-0.4, -0.2) is 23.2 Å². The van der Waals surface area contributed by atoms with Crippen molar-refractivity contribution in [2.75, 3.05) is 18.0 Å². The van der Waals surface area contributed by atoms with Crippen molar-refractivity contribution in [3.8, 4) is 0 Å². The van der Waals surface area contributed by atoms with Gasteiger partial charge in [-0.3, -0.25) is 0 Å². The molecule has 0 radical (unpaired) electrons. The van der Waals surface area contributed by atoms with Crippen LogP contribution in [0.15, 0.2) is 34.7 Å². The van der Waals surface area contributed by atoms with Crippen LogP contribution in [0.25, 0.3) is 0 Å². The van der Waals surface area contributed by atoms with Crippen molar-refractivity contribution in [2.24, 2.45) is 5.92 Å². The summed E-state index contributed by atoms with van der Waals surface area (Å²) >= 11 is 0. The number of aromatic nitrogens is 1. The molecule has 1 atom stereocenters. The quantitative estimate of drug-likeness (QED) is 0.845. The fourth-order valence-electron chi connectivity index (χ4n) is 2.44. The zero-order valence-corrected chi connectivity index (χ0v) is 13.9. The molecule has 0 saturated carbocycles. The molecule has 1 unspecified atom stereocenters. The van der Waals surface area contributed by atoms with Crippen LogP contribution in [0, 0.1) is 5.92 Å². The molecule has 4 heteroatoms. The van der Waals surface area contributed by atoms with Gasteiger partial charge in [-0.2, -0.15) is 0 Å². The first-order chi connectivity index (χ1) is 10.6. The Morgan fingerprint density at radius 1 is 1.14 bits per heavy atom. The Balaban J connectivity index is 2.36. The number of aliphatic hydroxyl groups is 1. The largest absolute Gasteiger partial charge is 0.422 e. The smallest absolute Gasteiger partial charge is 0.226 e. The number of hydrogen-bond donors (Lipinski definition) is 1. The van der Waals surface area contributed by atoms with Crippen molar-refractivity contribution in [3.63, 3.8) is 0 Å². The van der Waals surface area contributed by atoms with Crippen LogP contribution < -0.4 is 4.90 Å². The summed E-state index contributed by atoms with van der Waals surface area (Å²) in [7, 11) is 0. The average Bonchev–Trinajstić information content (AvgIpc) is 2.92. The van der Waals surface area contributed by atoms with Gasteiger partial charge in [-0.05, 0) is 25.3 Å². The fourth-order valence-corrected chi connectivity index (χ4v) is 2.44. The zero-order valence-electron chi connectivity index (χ0n) is 13.9. The first-order valence-corrected chi connectivity index (χ1v) is 8.03. The molecule has 120 valence electrons. The molecule has 1 N–H and O–H groups in total. The third-order valence-corrected chi connectivity index (χ3v) is 3.84. The van der Waals surface area contributed by atoms with Crippen LogP contribution in [0.4, 0.5) is 5.88 Å². The van der Waals surface area contributed by atoms with E-state index < -0.39 is 6.10 Å². The Kier molecular flexibility index (Phi) is 5.61. The minimum atomic E-state index is -0.668. The van der Waals surface area contributed by atoms with Gasteiger partial charge in [-0.15, -0.1) is 0 Å². The molecule has 0 saturated heterocycles. The van der Waals surface area contributed by atoms with Gasteiger partial charge in [0.1, 0.15) is 11.8 Å². The van der Waals surface area contributed by atoms with Gasteiger partial charge in [0.25, 0.3) is 0 Å². The van der Waals surface area contributed by atoms with E-state index in [0.29, 0.717) is 12.3 Å². The topological polar surface area (TPSA) is 49.5 Å². The van der Waals surface area contributed by atoms with E-state index in [4.69, 9.17) is 4.42 Å². The van der Waals surface area contributed by atoms with E-state index in [1.54, 1.807) is 0 Å². The highest BCUT2D eigenvalue weighted by atomic mass is 16.4. The van der Waals surface area contributed by atoms with Crippen LogP contribution >= 0.6 is 0 Å². The molecule has 0 aliphatic rings. The zero-order chi connectivity index (χ0) is 16.1. The molecule has 2 aromatic rings. The van der Waals surface area contributed by atoms with Gasteiger partial charge in [0.2, 0.25) is 11.8 Å². The minimum absolute atomic E-state index is 0.0766. The van der Waals surface area contributed by atoms with E-state index in [2.05, 4.69) is 35.9 Å². The summed E-state index contributed by atoms with van der Waals surface area (Å²) in [5.74, 6) is 1.28. The molecule has 22 heavy (non-hydrogen) atoms. The van der Waals surface area contributed by atoms with Crippen molar-refractivity contribution < 1.29 is 9.52 Å². The lowest BCUT2D eigenvalue weighted by atomic mass is 10.1. The number of benzene rings is 1. The van der Waals surface area contributed by atoms with Crippen LogP contribution in [0.3, 0.4) is 0 Å². The number of rotatable bonds is 7. The van der Waals surface area contributed by atoms with Crippen LogP contribution in [0.2, 0.25) is 0 Å². The Hall–Kier alpha value is -1.81. The van der Waals surface area contributed by atoms with E-state index in [1.165, 1.54) is 5.56 Å². The number of hydrogen-bond acceptors (Lipinski definition) is 4. The third kappa shape index (κ3) is 3.69. The summed E-state index contributed by atoms with van der Waals surface area (Å²) in [6, 6.07) is 10.2. The fraction of sp³-hybridized carbons (Fsp3) is 0.500. The SMILES string of the molecule is CCN(CC)c1oc(C(O)C(C)C)nc1Cc1ccccc1. The Labute approximate surface area is 132 Å². The monoisotopic (exact) mass is 302 g/mol. The number of nitrogens with zero attached hydrogens (tertiary/aromatic N) is 2. The van der Waals surface area contributed by atoms with E-state index in [9.17, 15) is 5.11 Å². The summed E-state index contributed by atoms with van der Waals surface area (Å²) in [5, 5.41) is 10.3. The average molecular weight is 302 g/mol. The number of aliphatic hydroxyl groups excluding tert-OH is 1. The van der Waals surface area contributed by atoms with Crippen molar-refractivity contribution in [2.45, 2.75) is 40.2 Å². The highest BCUT2D eigenvalue weighted by molar-refractivity contribution is 5.43. The molecule has 0 fully saturated rings. The highest BCUT2D eigenvalue weighted by Crippen LogP contribution is 2.30. The summed E-state index contributed by atoms with van der Waals surface area (Å²) in [6.07, 6.45) is 0.0416. The standard InChI is InChI=1S/C18H26N2O2/c1-5-20(6-2)18-15(12-14-10-8-7-9-11-14)19-17(22-18)16(21)13(3)4/h7-11,13,16,21H,5-6,12H2,1-4H3. The lowest BCUT2D eigenvalue weighted by molar-refractivity contribution is 0.0974. The molecule has 0 spiro atoms. The maximum atomic E-state index is 10.3. The van der Waals surface area contributed by atoms with Crippen molar-refractivity contribution in [1.82, 2.24) is 4.98 Å². The van der Waals surface area contributed by atoms with Gasteiger partial charge < -0.3 is 14.4 Å². The number of oxazole rings is 1. The van der Waals surface area contributed by atoms with Crippen molar-refractivity contribution in [3.05, 3.63) is 47.5 Å². The van der Waals surface area contributed by atoms with E-state index in [0.717, 1.165) is 24.7 Å². The van der Waals surface area contributed by atoms with Crippen LogP contribution in [-0.2, 0) is 6.42 Å². The molecule has 2 rings (SSSR count). The number of anilines is 1. The van der Waals surface area contributed by atoms with Crippen LogP contribution in [0.5, 0.6) is 0 Å². The molecule has 1 aromatic heterocycles. The predicted octanol–water partition coefficient (Wildman–Crippen LogP) is 3.80. The second-order valence-corrected chi connectivity index (χ2v) is 5.83.